The minimum Gasteiger partial charge on any atom is -0.489 e. The van der Waals surface area contributed by atoms with E-state index in [2.05, 4.69) is 16.0 Å². The maximum atomic E-state index is 12.3. The Balaban J connectivity index is 1.22. The van der Waals surface area contributed by atoms with E-state index in [0.717, 1.165) is 35.5 Å². The maximum absolute atomic E-state index is 12.3. The highest BCUT2D eigenvalue weighted by atomic mass is 16.5. The molecule has 7 heteroatoms. The predicted octanol–water partition coefficient (Wildman–Crippen LogP) is 4.58. The van der Waals surface area contributed by atoms with Crippen LogP contribution >= 0.6 is 0 Å². The fourth-order valence-corrected chi connectivity index (χ4v) is 5.22. The second-order valence-corrected chi connectivity index (χ2v) is 9.19. The summed E-state index contributed by atoms with van der Waals surface area (Å²) in [5.41, 5.74) is 3.29. The smallest absolute Gasteiger partial charge is 0.250 e. The van der Waals surface area contributed by atoms with Gasteiger partial charge in [0, 0.05) is 42.9 Å². The quantitative estimate of drug-likeness (QED) is 0.430. The van der Waals surface area contributed by atoms with Crippen molar-refractivity contribution < 1.29 is 9.15 Å². The van der Waals surface area contributed by atoms with Crippen molar-refractivity contribution in [3.63, 3.8) is 0 Å². The highest BCUT2D eigenvalue weighted by molar-refractivity contribution is 5.60. The molecule has 1 saturated heterocycles. The van der Waals surface area contributed by atoms with Gasteiger partial charge < -0.3 is 18.6 Å². The number of oxazole rings is 1. The monoisotopic (exact) mass is 464 g/mol. The second kappa shape index (κ2) is 8.80. The summed E-state index contributed by atoms with van der Waals surface area (Å²) in [5.74, 6) is 2.22. The lowest BCUT2D eigenvalue weighted by Gasteiger charge is -2.42. The fourth-order valence-electron chi connectivity index (χ4n) is 5.22. The van der Waals surface area contributed by atoms with Crippen molar-refractivity contribution in [1.82, 2.24) is 9.55 Å². The first-order valence-electron chi connectivity index (χ1n) is 11.8. The number of hydrogen-bond acceptors (Lipinski definition) is 6. The van der Waals surface area contributed by atoms with Crippen molar-refractivity contribution in [2.24, 2.45) is 5.92 Å². The Hall–Kier alpha value is -4.31. The minimum absolute atomic E-state index is 0.0570. The molecule has 2 aliphatic heterocycles. The van der Waals surface area contributed by atoms with Crippen molar-refractivity contribution in [3.8, 4) is 23.3 Å². The lowest BCUT2D eigenvalue weighted by atomic mass is 9.83. The van der Waals surface area contributed by atoms with Crippen LogP contribution in [0.5, 0.6) is 5.75 Å². The molecule has 35 heavy (non-hydrogen) atoms. The number of piperidine rings is 1. The maximum Gasteiger partial charge on any atom is 0.250 e. The summed E-state index contributed by atoms with van der Waals surface area (Å²) in [6.45, 7) is 2.60. The zero-order chi connectivity index (χ0) is 23.8. The highest BCUT2D eigenvalue weighted by Crippen LogP contribution is 2.39. The molecule has 2 bridgehead atoms. The van der Waals surface area contributed by atoms with Crippen molar-refractivity contribution >= 4 is 5.88 Å². The molecule has 0 N–H and O–H groups in total. The zero-order valence-electron chi connectivity index (χ0n) is 19.1. The number of benzene rings is 2. The molecule has 2 aromatic carbocycles. The van der Waals surface area contributed by atoms with Crippen LogP contribution < -0.4 is 15.2 Å². The molecule has 0 spiro atoms. The minimum atomic E-state index is 0.0570. The van der Waals surface area contributed by atoms with E-state index in [0.29, 0.717) is 37.4 Å². The summed E-state index contributed by atoms with van der Waals surface area (Å²) in [5, 5.41) is 9.76. The summed E-state index contributed by atoms with van der Waals surface area (Å²) in [6, 6.07) is 25.2. The third-order valence-electron chi connectivity index (χ3n) is 6.83. The summed E-state index contributed by atoms with van der Waals surface area (Å²) in [4.78, 5) is 18.9. The third kappa shape index (κ3) is 4.08. The van der Waals surface area contributed by atoms with Gasteiger partial charge in [0.15, 0.2) is 0 Å². The van der Waals surface area contributed by atoms with Crippen molar-refractivity contribution in [2.45, 2.75) is 25.5 Å². The average Bonchev–Trinajstić information content (AvgIpc) is 3.34. The Morgan fingerprint density at radius 3 is 2.63 bits per heavy atom. The molecule has 7 nitrogen and oxygen atoms in total. The Labute approximate surface area is 202 Å². The van der Waals surface area contributed by atoms with Crippen LogP contribution in [-0.2, 0) is 13.2 Å². The molecular weight excluding hydrogens is 440 g/mol. The standard InChI is InChI=1S/C28H24N4O3/c29-14-24-28(31-15-20-13-22(17-31)25-7-4-8-26(33)32(25)16-20)35-27(30-24)21-9-11-23(12-10-21)34-18-19-5-2-1-3-6-19/h1-12,20,22H,13,15-18H2/t20-,22-/m0/s1. The number of fused-ring (bicyclic) bond motifs is 4. The molecule has 0 aliphatic carbocycles. The van der Waals surface area contributed by atoms with Gasteiger partial charge in [0.2, 0.25) is 17.5 Å². The van der Waals surface area contributed by atoms with Crippen LogP contribution in [0.4, 0.5) is 5.88 Å². The molecule has 4 heterocycles. The summed E-state index contributed by atoms with van der Waals surface area (Å²) in [7, 11) is 0. The molecular formula is C28H24N4O3. The highest BCUT2D eigenvalue weighted by Gasteiger charge is 2.36. The van der Waals surface area contributed by atoms with Crippen molar-refractivity contribution in [2.75, 3.05) is 18.0 Å². The molecule has 2 aromatic heterocycles. The van der Waals surface area contributed by atoms with Gasteiger partial charge in [-0.05, 0) is 48.2 Å². The topological polar surface area (TPSA) is 84.3 Å². The molecule has 6 rings (SSSR count). The van der Waals surface area contributed by atoms with Gasteiger partial charge in [-0.25, -0.2) is 0 Å². The lowest BCUT2D eigenvalue weighted by molar-refractivity contribution is 0.275. The summed E-state index contributed by atoms with van der Waals surface area (Å²) in [6.07, 6.45) is 1.03. The molecule has 4 aromatic rings. The fraction of sp³-hybridized carbons (Fsp3) is 0.250. The van der Waals surface area contributed by atoms with Crippen molar-refractivity contribution in [1.29, 1.82) is 5.26 Å². The van der Waals surface area contributed by atoms with E-state index in [1.54, 1.807) is 6.07 Å². The third-order valence-corrected chi connectivity index (χ3v) is 6.83. The zero-order valence-corrected chi connectivity index (χ0v) is 19.1. The van der Waals surface area contributed by atoms with E-state index < -0.39 is 0 Å². The van der Waals surface area contributed by atoms with Gasteiger partial charge in [-0.2, -0.15) is 10.2 Å². The van der Waals surface area contributed by atoms with Gasteiger partial charge in [0.1, 0.15) is 18.4 Å². The molecule has 0 amide bonds. The van der Waals surface area contributed by atoms with Gasteiger partial charge in [0.05, 0.1) is 0 Å². The molecule has 0 unspecified atom stereocenters. The summed E-state index contributed by atoms with van der Waals surface area (Å²) >= 11 is 0. The predicted molar refractivity (Wildman–Crippen MR) is 131 cm³/mol. The van der Waals surface area contributed by atoms with Crippen LogP contribution in [0.15, 0.2) is 82.0 Å². The Kier molecular flexibility index (Phi) is 5.34. The van der Waals surface area contributed by atoms with Gasteiger partial charge in [-0.15, -0.1) is 0 Å². The number of pyridine rings is 1. The van der Waals surface area contributed by atoms with Crippen LogP contribution in [0.2, 0.25) is 0 Å². The Bertz CT molecular complexity index is 1450. The molecule has 0 radical (unpaired) electrons. The normalized spacial score (nSPS) is 18.5. The lowest BCUT2D eigenvalue weighted by Crippen LogP contribution is -2.47. The Morgan fingerprint density at radius 2 is 1.83 bits per heavy atom. The van der Waals surface area contributed by atoms with Crippen LogP contribution in [0.3, 0.4) is 0 Å². The van der Waals surface area contributed by atoms with Crippen LogP contribution in [0.25, 0.3) is 11.5 Å². The SMILES string of the molecule is N#Cc1nc(-c2ccc(OCc3ccccc3)cc2)oc1N1C[C@@H]2C[C@@H](C1)c1cccc(=O)n1C2. The van der Waals surface area contributed by atoms with E-state index >= 15 is 0 Å². The molecule has 2 aliphatic rings. The number of hydrogen-bond donors (Lipinski definition) is 0. The molecule has 1 fully saturated rings. The number of ether oxygens (including phenoxy) is 1. The van der Waals surface area contributed by atoms with Gasteiger partial charge in [-0.3, -0.25) is 4.79 Å². The van der Waals surface area contributed by atoms with E-state index in [4.69, 9.17) is 9.15 Å². The number of rotatable bonds is 5. The van der Waals surface area contributed by atoms with Crippen molar-refractivity contribution in [3.05, 3.63) is 100 Å². The molecule has 174 valence electrons. The van der Waals surface area contributed by atoms with Gasteiger partial charge in [-0.1, -0.05) is 36.4 Å². The first-order chi connectivity index (χ1) is 17.2. The number of anilines is 1. The largest absolute Gasteiger partial charge is 0.489 e. The molecule has 0 saturated carbocycles. The number of nitriles is 1. The van der Waals surface area contributed by atoms with E-state index in [1.165, 1.54) is 0 Å². The molecule has 2 atom stereocenters. The second-order valence-electron chi connectivity index (χ2n) is 9.19. The van der Waals surface area contributed by atoms with Gasteiger partial charge in [0.25, 0.3) is 5.56 Å². The van der Waals surface area contributed by atoms with E-state index in [9.17, 15) is 10.1 Å². The van der Waals surface area contributed by atoms with E-state index in [-0.39, 0.29) is 17.2 Å². The van der Waals surface area contributed by atoms with Gasteiger partial charge >= 0.3 is 0 Å². The van der Waals surface area contributed by atoms with Crippen LogP contribution in [0, 0.1) is 17.2 Å². The van der Waals surface area contributed by atoms with E-state index in [1.807, 2.05) is 71.3 Å². The van der Waals surface area contributed by atoms with Crippen LogP contribution in [0.1, 0.15) is 29.3 Å². The summed E-state index contributed by atoms with van der Waals surface area (Å²) < 4.78 is 13.9. The average molecular weight is 465 g/mol. The number of aromatic nitrogens is 2. The Morgan fingerprint density at radius 1 is 1.00 bits per heavy atom. The number of nitrogens with zero attached hydrogens (tertiary/aromatic N) is 4. The first-order valence-corrected chi connectivity index (χ1v) is 11.8. The first kappa shape index (κ1) is 21.2. The van der Waals surface area contributed by atoms with Crippen LogP contribution in [-0.4, -0.2) is 22.6 Å².